The van der Waals surface area contributed by atoms with Crippen LogP contribution in [0.5, 0.6) is 5.88 Å². The number of pyridine rings is 1. The highest BCUT2D eigenvalue weighted by Crippen LogP contribution is 2.23. The molecule has 0 bridgehead atoms. The van der Waals surface area contributed by atoms with Crippen molar-refractivity contribution in [2.24, 2.45) is 0 Å². The lowest BCUT2D eigenvalue weighted by Crippen LogP contribution is -2.39. The number of aryl methyl sites for hydroxylation is 1. The Labute approximate surface area is 120 Å². The first-order chi connectivity index (χ1) is 9.67. The Kier molecular flexibility index (Phi) is 5.16. The molecule has 1 heterocycles. The van der Waals surface area contributed by atoms with E-state index in [1.54, 1.807) is 12.2 Å². The molecular weight excluding hydrogens is 252 g/mol. The second-order valence-corrected chi connectivity index (χ2v) is 5.27. The van der Waals surface area contributed by atoms with Crippen LogP contribution in [0.2, 0.25) is 0 Å². The van der Waals surface area contributed by atoms with E-state index >= 15 is 0 Å². The second-order valence-electron chi connectivity index (χ2n) is 5.27. The lowest BCUT2D eigenvalue weighted by molar-refractivity contribution is -0.117. The molecule has 1 fully saturated rings. The summed E-state index contributed by atoms with van der Waals surface area (Å²) in [5, 5.41) is 3.01. The van der Waals surface area contributed by atoms with E-state index in [1.807, 2.05) is 32.2 Å². The van der Waals surface area contributed by atoms with E-state index in [1.165, 1.54) is 0 Å². The molecule has 0 unspecified atom stereocenters. The number of carbonyl (C=O) groups is 1. The molecule has 4 heteroatoms. The van der Waals surface area contributed by atoms with Crippen LogP contribution in [0.25, 0.3) is 0 Å². The first-order valence-corrected chi connectivity index (χ1v) is 7.20. The number of carbonyl (C=O) groups excluding carboxylic acids is 1. The molecule has 1 amide bonds. The molecule has 1 aliphatic carbocycles. The highest BCUT2D eigenvalue weighted by Gasteiger charge is 2.23. The second kappa shape index (κ2) is 7.08. The predicted octanol–water partition coefficient (Wildman–Crippen LogP) is 2.77. The Bertz CT molecular complexity index is 460. The molecule has 1 aromatic rings. The van der Waals surface area contributed by atoms with Gasteiger partial charge in [0.25, 0.3) is 0 Å². The predicted molar refractivity (Wildman–Crippen MR) is 78.6 cm³/mol. The number of nitrogens with zero attached hydrogens (tertiary/aromatic N) is 1. The maximum atomic E-state index is 11.5. The Morgan fingerprint density at radius 2 is 2.10 bits per heavy atom. The summed E-state index contributed by atoms with van der Waals surface area (Å²) in [5.74, 6) is 0.689. The largest absolute Gasteiger partial charge is 0.474 e. The van der Waals surface area contributed by atoms with Gasteiger partial charge in [-0.25, -0.2) is 4.98 Å². The topological polar surface area (TPSA) is 51.2 Å². The van der Waals surface area contributed by atoms with E-state index in [2.05, 4.69) is 10.3 Å². The lowest BCUT2D eigenvalue weighted by atomic mass is 9.93. The van der Waals surface area contributed by atoms with Crippen LogP contribution in [0.15, 0.2) is 30.5 Å². The van der Waals surface area contributed by atoms with Gasteiger partial charge in [-0.2, -0.15) is 0 Å². The minimum Gasteiger partial charge on any atom is -0.474 e. The summed E-state index contributed by atoms with van der Waals surface area (Å²) >= 11 is 0. The van der Waals surface area contributed by atoms with Crippen LogP contribution in [0.1, 0.15) is 38.2 Å². The zero-order valence-electron chi connectivity index (χ0n) is 12.1. The van der Waals surface area contributed by atoms with Crippen LogP contribution >= 0.6 is 0 Å². The average molecular weight is 274 g/mol. The van der Waals surface area contributed by atoms with Crippen molar-refractivity contribution in [2.45, 2.75) is 51.7 Å². The summed E-state index contributed by atoms with van der Waals surface area (Å²) in [6, 6.07) is 4.19. The third-order valence-corrected chi connectivity index (χ3v) is 3.51. The summed E-state index contributed by atoms with van der Waals surface area (Å²) < 4.78 is 5.87. The molecule has 1 saturated carbocycles. The molecule has 108 valence electrons. The molecule has 20 heavy (non-hydrogen) atoms. The number of rotatable bonds is 4. The van der Waals surface area contributed by atoms with Gasteiger partial charge in [-0.1, -0.05) is 12.1 Å². The number of hydrogen-bond donors (Lipinski definition) is 1. The smallest absolute Gasteiger partial charge is 0.243 e. The Balaban J connectivity index is 1.76. The number of nitrogens with one attached hydrogen (secondary N) is 1. The van der Waals surface area contributed by atoms with E-state index in [4.69, 9.17) is 4.74 Å². The number of ether oxygens (including phenoxy) is 1. The molecule has 1 aromatic heterocycles. The maximum absolute atomic E-state index is 11.5. The molecule has 0 aliphatic heterocycles. The monoisotopic (exact) mass is 274 g/mol. The molecule has 1 aliphatic rings. The highest BCUT2D eigenvalue weighted by atomic mass is 16.5. The molecule has 0 spiro atoms. The highest BCUT2D eigenvalue weighted by molar-refractivity contribution is 5.87. The van der Waals surface area contributed by atoms with Gasteiger partial charge >= 0.3 is 0 Å². The van der Waals surface area contributed by atoms with Crippen molar-refractivity contribution >= 4 is 5.91 Å². The van der Waals surface area contributed by atoms with Gasteiger partial charge in [0.15, 0.2) is 0 Å². The van der Waals surface area contributed by atoms with Gasteiger partial charge in [0.2, 0.25) is 11.8 Å². The van der Waals surface area contributed by atoms with Crippen LogP contribution in [0, 0.1) is 6.92 Å². The minimum absolute atomic E-state index is 0.00271. The van der Waals surface area contributed by atoms with E-state index in [-0.39, 0.29) is 18.1 Å². The van der Waals surface area contributed by atoms with Crippen LogP contribution in [-0.2, 0) is 4.79 Å². The molecule has 0 radical (unpaired) electrons. The van der Waals surface area contributed by atoms with Gasteiger partial charge < -0.3 is 10.1 Å². The van der Waals surface area contributed by atoms with Crippen LogP contribution in [0.3, 0.4) is 0 Å². The zero-order chi connectivity index (χ0) is 14.4. The van der Waals surface area contributed by atoms with Gasteiger partial charge in [-0.15, -0.1) is 0 Å². The van der Waals surface area contributed by atoms with E-state index < -0.39 is 0 Å². The van der Waals surface area contributed by atoms with Crippen molar-refractivity contribution in [3.63, 3.8) is 0 Å². The van der Waals surface area contributed by atoms with Gasteiger partial charge in [-0.05, 0) is 51.2 Å². The molecule has 0 saturated heterocycles. The molecule has 0 aromatic carbocycles. The van der Waals surface area contributed by atoms with Crippen molar-refractivity contribution in [3.8, 4) is 5.88 Å². The fourth-order valence-corrected chi connectivity index (χ4v) is 2.42. The van der Waals surface area contributed by atoms with Gasteiger partial charge in [0, 0.05) is 18.3 Å². The number of amides is 1. The third kappa shape index (κ3) is 4.37. The minimum atomic E-state index is -0.00271. The molecule has 2 rings (SSSR count). The van der Waals surface area contributed by atoms with E-state index in [0.29, 0.717) is 5.88 Å². The number of hydrogen-bond acceptors (Lipinski definition) is 3. The Morgan fingerprint density at radius 1 is 1.35 bits per heavy atom. The summed E-state index contributed by atoms with van der Waals surface area (Å²) in [6.45, 7) is 3.86. The first-order valence-electron chi connectivity index (χ1n) is 7.20. The van der Waals surface area contributed by atoms with Crippen molar-refractivity contribution in [1.29, 1.82) is 0 Å². The van der Waals surface area contributed by atoms with Crippen LogP contribution in [-0.4, -0.2) is 23.0 Å². The van der Waals surface area contributed by atoms with Crippen LogP contribution in [0.4, 0.5) is 0 Å². The van der Waals surface area contributed by atoms with Crippen molar-refractivity contribution in [3.05, 3.63) is 36.0 Å². The molecule has 0 atom stereocenters. The molecule has 1 N–H and O–H groups in total. The van der Waals surface area contributed by atoms with Crippen molar-refractivity contribution < 1.29 is 9.53 Å². The van der Waals surface area contributed by atoms with Gasteiger partial charge in [0.05, 0.1) is 0 Å². The summed E-state index contributed by atoms with van der Waals surface area (Å²) in [7, 11) is 0. The normalized spacial score (nSPS) is 22.7. The molecule has 4 nitrogen and oxygen atoms in total. The van der Waals surface area contributed by atoms with Crippen molar-refractivity contribution in [2.75, 3.05) is 0 Å². The SMILES string of the molecule is C/C=C/C(=O)NC1CCC(Oc2ccc(C)cn2)CC1. The zero-order valence-corrected chi connectivity index (χ0v) is 12.1. The van der Waals surface area contributed by atoms with Crippen molar-refractivity contribution in [1.82, 2.24) is 10.3 Å². The Hall–Kier alpha value is -1.84. The maximum Gasteiger partial charge on any atom is 0.243 e. The number of aromatic nitrogens is 1. The third-order valence-electron chi connectivity index (χ3n) is 3.51. The van der Waals surface area contributed by atoms with E-state index in [9.17, 15) is 4.79 Å². The fraction of sp³-hybridized carbons (Fsp3) is 0.500. The van der Waals surface area contributed by atoms with Crippen LogP contribution < -0.4 is 10.1 Å². The fourth-order valence-electron chi connectivity index (χ4n) is 2.42. The first kappa shape index (κ1) is 14.6. The Morgan fingerprint density at radius 3 is 2.70 bits per heavy atom. The average Bonchev–Trinajstić information content (AvgIpc) is 2.44. The number of allylic oxidation sites excluding steroid dienone is 1. The summed E-state index contributed by atoms with van der Waals surface area (Å²) in [6.07, 6.45) is 9.18. The quantitative estimate of drug-likeness (QED) is 0.859. The molecular formula is C16H22N2O2. The lowest BCUT2D eigenvalue weighted by Gasteiger charge is -2.28. The standard InChI is InChI=1S/C16H22N2O2/c1-3-4-15(19)18-13-6-8-14(9-7-13)20-16-10-5-12(2)11-17-16/h3-5,10-11,13-14H,6-9H2,1-2H3,(H,18,19)/b4-3+. The van der Waals surface area contributed by atoms with Gasteiger partial charge in [-0.3, -0.25) is 4.79 Å². The summed E-state index contributed by atoms with van der Waals surface area (Å²) in [4.78, 5) is 15.7. The van der Waals surface area contributed by atoms with Gasteiger partial charge in [0.1, 0.15) is 6.10 Å². The summed E-state index contributed by atoms with van der Waals surface area (Å²) in [5.41, 5.74) is 1.13. The van der Waals surface area contributed by atoms with E-state index in [0.717, 1.165) is 31.2 Å².